The van der Waals surface area contributed by atoms with Crippen molar-refractivity contribution in [2.45, 2.75) is 6.54 Å². The molecule has 0 aliphatic rings. The minimum atomic E-state index is -0.651. The summed E-state index contributed by atoms with van der Waals surface area (Å²) in [6.45, 7) is 0.216. The van der Waals surface area contributed by atoms with E-state index in [2.05, 4.69) is 26.6 Å². The lowest BCUT2D eigenvalue weighted by molar-refractivity contribution is -0.385. The molecule has 8 heteroatoms. The van der Waals surface area contributed by atoms with Crippen LogP contribution in [0.1, 0.15) is 26.3 Å². The summed E-state index contributed by atoms with van der Waals surface area (Å²) in [7, 11) is 1.44. The van der Waals surface area contributed by atoms with E-state index in [1.54, 1.807) is 0 Å². The third-order valence-corrected chi connectivity index (χ3v) is 3.82. The molecule has 0 aromatic heterocycles. The molecule has 24 heavy (non-hydrogen) atoms. The molecule has 2 aromatic rings. The van der Waals surface area contributed by atoms with E-state index < -0.39 is 16.7 Å². The number of carbonyl (C=O) groups excluding carboxylic acids is 2. The molecule has 7 nitrogen and oxygen atoms in total. The highest BCUT2D eigenvalue weighted by Crippen LogP contribution is 2.20. The number of nitro benzene ring substituents is 1. The number of amides is 2. The van der Waals surface area contributed by atoms with Crippen LogP contribution in [0.15, 0.2) is 46.9 Å². The van der Waals surface area contributed by atoms with Gasteiger partial charge >= 0.3 is 0 Å². The molecule has 0 fully saturated rings. The van der Waals surface area contributed by atoms with Gasteiger partial charge < -0.3 is 10.6 Å². The maximum absolute atomic E-state index is 12.3. The summed E-state index contributed by atoms with van der Waals surface area (Å²) in [5, 5.41) is 16.1. The second kappa shape index (κ2) is 7.69. The summed E-state index contributed by atoms with van der Waals surface area (Å²) in [5.74, 6) is -1.04. The van der Waals surface area contributed by atoms with E-state index in [-0.39, 0.29) is 23.4 Å². The summed E-state index contributed by atoms with van der Waals surface area (Å²) in [5.41, 5.74) is 0.516. The summed E-state index contributed by atoms with van der Waals surface area (Å²) >= 11 is 3.32. The van der Waals surface area contributed by atoms with Crippen LogP contribution < -0.4 is 10.6 Å². The average molecular weight is 392 g/mol. The Hall–Kier alpha value is -2.74. The van der Waals surface area contributed by atoms with Crippen molar-refractivity contribution >= 4 is 33.4 Å². The van der Waals surface area contributed by atoms with E-state index in [1.807, 2.05) is 24.3 Å². The van der Waals surface area contributed by atoms with Gasteiger partial charge in [-0.05, 0) is 29.8 Å². The summed E-state index contributed by atoms with van der Waals surface area (Å²) in [6, 6.07) is 11.0. The average Bonchev–Trinajstić information content (AvgIpc) is 2.59. The molecule has 0 atom stereocenters. The number of hydrogen-bond acceptors (Lipinski definition) is 4. The van der Waals surface area contributed by atoms with Crippen molar-refractivity contribution in [2.24, 2.45) is 0 Å². The maximum Gasteiger partial charge on any atom is 0.282 e. The molecule has 0 radical (unpaired) electrons. The first-order valence-corrected chi connectivity index (χ1v) is 7.75. The minimum absolute atomic E-state index is 0.154. The molecule has 0 bridgehead atoms. The Morgan fingerprint density at radius 1 is 1.12 bits per heavy atom. The van der Waals surface area contributed by atoms with Crippen LogP contribution in [0.25, 0.3) is 0 Å². The van der Waals surface area contributed by atoms with Gasteiger partial charge in [-0.3, -0.25) is 19.7 Å². The molecule has 2 N–H and O–H groups in total. The van der Waals surface area contributed by atoms with Gasteiger partial charge in [-0.2, -0.15) is 0 Å². The molecule has 0 spiro atoms. The third-order valence-electron chi connectivity index (χ3n) is 3.29. The van der Waals surface area contributed by atoms with Gasteiger partial charge in [0.2, 0.25) is 0 Å². The van der Waals surface area contributed by atoms with Crippen LogP contribution in [0.5, 0.6) is 0 Å². The summed E-state index contributed by atoms with van der Waals surface area (Å²) in [6.07, 6.45) is 0. The molecule has 0 aliphatic heterocycles. The number of carbonyl (C=O) groups is 2. The monoisotopic (exact) mass is 391 g/mol. The highest BCUT2D eigenvalue weighted by atomic mass is 79.9. The fourth-order valence-electron chi connectivity index (χ4n) is 2.04. The molecule has 0 unspecified atom stereocenters. The summed E-state index contributed by atoms with van der Waals surface area (Å²) < 4.78 is 0.909. The van der Waals surface area contributed by atoms with E-state index in [0.29, 0.717) is 0 Å². The van der Waals surface area contributed by atoms with Crippen molar-refractivity contribution < 1.29 is 14.5 Å². The van der Waals surface area contributed by atoms with E-state index in [0.717, 1.165) is 16.1 Å². The van der Waals surface area contributed by atoms with Crippen LogP contribution in [0.4, 0.5) is 5.69 Å². The zero-order valence-electron chi connectivity index (χ0n) is 12.7. The largest absolute Gasteiger partial charge is 0.355 e. The molecule has 124 valence electrons. The Labute approximate surface area is 146 Å². The van der Waals surface area contributed by atoms with E-state index in [9.17, 15) is 19.7 Å². The molecule has 0 heterocycles. The fourth-order valence-corrected chi connectivity index (χ4v) is 2.31. The maximum atomic E-state index is 12.3. The van der Waals surface area contributed by atoms with Gasteiger partial charge in [-0.15, -0.1) is 0 Å². The minimum Gasteiger partial charge on any atom is -0.355 e. The highest BCUT2D eigenvalue weighted by molar-refractivity contribution is 9.10. The van der Waals surface area contributed by atoms with Crippen molar-refractivity contribution in [3.63, 3.8) is 0 Å². The fraction of sp³-hybridized carbons (Fsp3) is 0.125. The first-order chi connectivity index (χ1) is 11.4. The van der Waals surface area contributed by atoms with Crippen LogP contribution in [0.2, 0.25) is 0 Å². The predicted molar refractivity (Wildman–Crippen MR) is 91.8 cm³/mol. The van der Waals surface area contributed by atoms with Gasteiger partial charge in [0.15, 0.2) is 0 Å². The lowest BCUT2D eigenvalue weighted by Gasteiger charge is -2.08. The topological polar surface area (TPSA) is 101 Å². The first kappa shape index (κ1) is 17.6. The third kappa shape index (κ3) is 4.17. The van der Waals surface area contributed by atoms with Gasteiger partial charge in [0.25, 0.3) is 17.5 Å². The van der Waals surface area contributed by atoms with Crippen molar-refractivity contribution in [3.05, 3.63) is 73.7 Å². The van der Waals surface area contributed by atoms with Gasteiger partial charge in [-0.1, -0.05) is 28.1 Å². The van der Waals surface area contributed by atoms with Gasteiger partial charge in [0.05, 0.1) is 4.92 Å². The van der Waals surface area contributed by atoms with Crippen molar-refractivity contribution in [3.8, 4) is 0 Å². The standard InChI is InChI=1S/C16H14BrN3O4/c1-18-15(21)11-4-7-14(20(23)24)13(8-11)16(22)19-9-10-2-5-12(17)6-3-10/h2-8H,9H2,1H3,(H,18,21)(H,19,22). The lowest BCUT2D eigenvalue weighted by atomic mass is 10.1. The normalized spacial score (nSPS) is 10.1. The molecule has 2 amide bonds. The Morgan fingerprint density at radius 2 is 1.79 bits per heavy atom. The molecular formula is C16H14BrN3O4. The Kier molecular flexibility index (Phi) is 5.64. The number of nitro groups is 1. The van der Waals surface area contributed by atoms with Crippen LogP contribution in [0, 0.1) is 10.1 Å². The Balaban J connectivity index is 2.24. The van der Waals surface area contributed by atoms with Crippen LogP contribution >= 0.6 is 15.9 Å². The number of hydrogen-bond donors (Lipinski definition) is 2. The second-order valence-corrected chi connectivity index (χ2v) is 5.79. The lowest BCUT2D eigenvalue weighted by Crippen LogP contribution is -2.25. The second-order valence-electron chi connectivity index (χ2n) is 4.88. The van der Waals surface area contributed by atoms with Crippen molar-refractivity contribution in [2.75, 3.05) is 7.05 Å². The highest BCUT2D eigenvalue weighted by Gasteiger charge is 2.22. The van der Waals surface area contributed by atoms with Crippen LogP contribution in [-0.2, 0) is 6.54 Å². The van der Waals surface area contributed by atoms with Crippen LogP contribution in [0.3, 0.4) is 0 Å². The number of halogens is 1. The van der Waals surface area contributed by atoms with Gasteiger partial charge in [0.1, 0.15) is 5.56 Å². The van der Waals surface area contributed by atoms with E-state index in [4.69, 9.17) is 0 Å². The van der Waals surface area contributed by atoms with Crippen LogP contribution in [-0.4, -0.2) is 23.8 Å². The predicted octanol–water partition coefficient (Wildman–Crippen LogP) is 2.65. The van der Waals surface area contributed by atoms with Crippen molar-refractivity contribution in [1.29, 1.82) is 0 Å². The number of nitrogens with zero attached hydrogens (tertiary/aromatic N) is 1. The summed E-state index contributed by atoms with van der Waals surface area (Å²) in [4.78, 5) is 34.4. The van der Waals surface area contributed by atoms with E-state index >= 15 is 0 Å². The molecular weight excluding hydrogens is 378 g/mol. The zero-order valence-corrected chi connectivity index (χ0v) is 14.3. The quantitative estimate of drug-likeness (QED) is 0.603. The number of nitrogens with one attached hydrogen (secondary N) is 2. The first-order valence-electron chi connectivity index (χ1n) is 6.95. The Morgan fingerprint density at radius 3 is 2.38 bits per heavy atom. The molecule has 0 aliphatic carbocycles. The number of benzene rings is 2. The molecule has 0 saturated carbocycles. The SMILES string of the molecule is CNC(=O)c1ccc([N+](=O)[O-])c(C(=O)NCc2ccc(Br)cc2)c1. The molecule has 0 saturated heterocycles. The Bertz CT molecular complexity index is 790. The molecule has 2 rings (SSSR count). The zero-order chi connectivity index (χ0) is 17.7. The smallest absolute Gasteiger partial charge is 0.282 e. The van der Waals surface area contributed by atoms with Gasteiger partial charge in [0, 0.05) is 29.7 Å². The van der Waals surface area contributed by atoms with Gasteiger partial charge in [-0.25, -0.2) is 0 Å². The van der Waals surface area contributed by atoms with Crippen molar-refractivity contribution in [1.82, 2.24) is 10.6 Å². The van der Waals surface area contributed by atoms with E-state index in [1.165, 1.54) is 19.2 Å². The molecule has 2 aromatic carbocycles. The number of rotatable bonds is 5.